The van der Waals surface area contributed by atoms with Crippen molar-refractivity contribution in [3.8, 4) is 0 Å². The second-order valence-electron chi connectivity index (χ2n) is 5.46. The molecule has 0 spiro atoms. The Morgan fingerprint density at radius 1 is 0.864 bits per heavy atom. The van der Waals surface area contributed by atoms with Crippen molar-refractivity contribution in [3.05, 3.63) is 65.2 Å². The highest BCUT2D eigenvalue weighted by atomic mass is 32.2. The van der Waals surface area contributed by atoms with Gasteiger partial charge in [0.2, 0.25) is 0 Å². The molecule has 2 aromatic carbocycles. The number of sulfonamides is 1. The van der Waals surface area contributed by atoms with E-state index in [0.29, 0.717) is 5.84 Å². The lowest BCUT2D eigenvalue weighted by Gasteiger charge is -2.16. The maximum atomic E-state index is 12.5. The minimum atomic E-state index is -3.73. The highest BCUT2D eigenvalue weighted by Crippen LogP contribution is 2.16. The molecule has 0 radical (unpaired) electrons. The minimum absolute atomic E-state index is 0.199. The third-order valence-electron chi connectivity index (χ3n) is 3.26. The lowest BCUT2D eigenvalue weighted by Crippen LogP contribution is -2.24. The summed E-state index contributed by atoms with van der Waals surface area (Å²) in [4.78, 5) is 1.90. The van der Waals surface area contributed by atoms with Gasteiger partial charge < -0.3 is 4.90 Å². The van der Waals surface area contributed by atoms with Gasteiger partial charge in [-0.1, -0.05) is 47.5 Å². The zero-order valence-electron chi connectivity index (χ0n) is 13.2. The highest BCUT2D eigenvalue weighted by molar-refractivity contribution is 7.90. The molecule has 22 heavy (non-hydrogen) atoms. The van der Waals surface area contributed by atoms with Gasteiger partial charge in [0.1, 0.15) is 5.84 Å². The van der Waals surface area contributed by atoms with E-state index in [9.17, 15) is 8.42 Å². The van der Waals surface area contributed by atoms with Crippen LogP contribution in [0.5, 0.6) is 0 Å². The van der Waals surface area contributed by atoms with Gasteiger partial charge in [-0.15, -0.1) is 4.40 Å². The van der Waals surface area contributed by atoms with Crippen molar-refractivity contribution in [1.29, 1.82) is 0 Å². The van der Waals surface area contributed by atoms with E-state index in [-0.39, 0.29) is 4.90 Å². The summed E-state index contributed by atoms with van der Waals surface area (Å²) in [5.41, 5.74) is 2.89. The summed E-state index contributed by atoms with van der Waals surface area (Å²) in [7, 11) is -0.171. The molecule has 0 atom stereocenters. The molecule has 0 aliphatic heterocycles. The van der Waals surface area contributed by atoms with E-state index in [1.165, 1.54) is 0 Å². The fourth-order valence-corrected chi connectivity index (χ4v) is 3.05. The molecule has 0 unspecified atom stereocenters. The predicted molar refractivity (Wildman–Crippen MR) is 89.8 cm³/mol. The summed E-state index contributed by atoms with van der Waals surface area (Å²) in [6, 6.07) is 14.3. The van der Waals surface area contributed by atoms with Gasteiger partial charge in [0, 0.05) is 19.7 Å². The van der Waals surface area contributed by atoms with Crippen LogP contribution < -0.4 is 0 Å². The Balaban J connectivity index is 2.49. The second-order valence-corrected chi connectivity index (χ2v) is 7.07. The van der Waals surface area contributed by atoms with Gasteiger partial charge >= 0.3 is 0 Å². The van der Waals surface area contributed by atoms with Crippen LogP contribution in [0.1, 0.15) is 16.7 Å². The first-order chi connectivity index (χ1) is 10.3. The van der Waals surface area contributed by atoms with E-state index in [1.807, 2.05) is 38.1 Å². The average Bonchev–Trinajstić information content (AvgIpc) is 2.46. The number of nitrogens with zero attached hydrogens (tertiary/aromatic N) is 2. The first kappa shape index (κ1) is 16.2. The Morgan fingerprint density at radius 2 is 1.32 bits per heavy atom. The molecule has 0 amide bonds. The van der Waals surface area contributed by atoms with Gasteiger partial charge in [-0.2, -0.15) is 8.42 Å². The van der Waals surface area contributed by atoms with E-state index in [1.54, 1.807) is 43.3 Å². The van der Waals surface area contributed by atoms with Crippen LogP contribution in [0.2, 0.25) is 0 Å². The smallest absolute Gasteiger partial charge is 0.284 e. The summed E-state index contributed by atoms with van der Waals surface area (Å²) in [6.07, 6.45) is 0. The van der Waals surface area contributed by atoms with Crippen molar-refractivity contribution in [2.45, 2.75) is 18.7 Å². The monoisotopic (exact) mass is 316 g/mol. The number of hydrogen-bond donors (Lipinski definition) is 0. The molecular weight excluding hydrogens is 296 g/mol. The normalized spacial score (nSPS) is 12.3. The quantitative estimate of drug-likeness (QED) is 0.646. The molecule has 0 aliphatic rings. The average molecular weight is 316 g/mol. The topological polar surface area (TPSA) is 49.7 Å². The van der Waals surface area contributed by atoms with E-state index >= 15 is 0 Å². The first-order valence-electron chi connectivity index (χ1n) is 6.95. The van der Waals surface area contributed by atoms with Gasteiger partial charge in [-0.05, 0) is 26.0 Å². The van der Waals surface area contributed by atoms with Gasteiger partial charge in [-0.25, -0.2) is 0 Å². The number of benzene rings is 2. The van der Waals surface area contributed by atoms with E-state index in [0.717, 1.165) is 16.7 Å². The largest absolute Gasteiger partial charge is 0.362 e. The molecule has 2 rings (SSSR count). The van der Waals surface area contributed by atoms with Crippen LogP contribution in [0.3, 0.4) is 0 Å². The second kappa shape index (κ2) is 6.32. The fraction of sp³-hybridized carbons (Fsp3) is 0.235. The lowest BCUT2D eigenvalue weighted by atomic mass is 10.1. The summed E-state index contributed by atoms with van der Waals surface area (Å²) < 4.78 is 29.0. The van der Waals surface area contributed by atoms with Gasteiger partial charge in [0.25, 0.3) is 10.0 Å². The summed E-state index contributed by atoms with van der Waals surface area (Å²) in [5, 5.41) is 0. The molecule has 0 saturated heterocycles. The van der Waals surface area contributed by atoms with Crippen LogP contribution in [0.25, 0.3) is 0 Å². The minimum Gasteiger partial charge on any atom is -0.362 e. The van der Waals surface area contributed by atoms with Crippen LogP contribution >= 0.6 is 0 Å². The number of rotatable bonds is 3. The Morgan fingerprint density at radius 3 is 1.77 bits per heavy atom. The van der Waals surface area contributed by atoms with Crippen molar-refractivity contribution in [2.75, 3.05) is 14.1 Å². The Labute approximate surface area is 132 Å². The summed E-state index contributed by atoms with van der Waals surface area (Å²) >= 11 is 0. The van der Waals surface area contributed by atoms with E-state index in [4.69, 9.17) is 0 Å². The molecule has 2 aromatic rings. The highest BCUT2D eigenvalue weighted by Gasteiger charge is 2.16. The lowest BCUT2D eigenvalue weighted by molar-refractivity contribution is 0.592. The van der Waals surface area contributed by atoms with Gasteiger partial charge in [0.15, 0.2) is 0 Å². The zero-order valence-corrected chi connectivity index (χ0v) is 14.1. The molecule has 0 bridgehead atoms. The van der Waals surface area contributed by atoms with Gasteiger partial charge in [-0.3, -0.25) is 0 Å². The molecular formula is C17H20N2O2S. The Bertz CT molecular complexity index is 774. The molecule has 4 nitrogen and oxygen atoms in total. The van der Waals surface area contributed by atoms with Crippen LogP contribution in [0.15, 0.2) is 57.8 Å². The Hall–Kier alpha value is -2.14. The van der Waals surface area contributed by atoms with Crippen LogP contribution in [-0.4, -0.2) is 33.2 Å². The predicted octanol–water partition coefficient (Wildman–Crippen LogP) is 3.00. The van der Waals surface area contributed by atoms with E-state index in [2.05, 4.69) is 4.40 Å². The summed E-state index contributed by atoms with van der Waals surface area (Å²) in [5.74, 6) is 0.417. The maximum absolute atomic E-state index is 12.5. The molecule has 0 N–H and O–H groups in total. The fourth-order valence-electron chi connectivity index (χ4n) is 1.97. The molecule has 5 heteroatoms. The van der Waals surface area contributed by atoms with Crippen molar-refractivity contribution < 1.29 is 8.42 Å². The molecule has 116 valence electrons. The first-order valence-corrected chi connectivity index (χ1v) is 8.39. The Kier molecular flexibility index (Phi) is 4.66. The van der Waals surface area contributed by atoms with Crippen LogP contribution in [-0.2, 0) is 10.0 Å². The molecule has 0 aliphatic carbocycles. The van der Waals surface area contributed by atoms with Crippen molar-refractivity contribution in [1.82, 2.24) is 4.90 Å². The van der Waals surface area contributed by atoms with Crippen molar-refractivity contribution in [3.63, 3.8) is 0 Å². The SMILES string of the molecule is Cc1ccc(/C(=N\S(=O)(=O)c2ccc(C)cc2)N(C)C)cc1. The van der Waals surface area contributed by atoms with Crippen LogP contribution in [0.4, 0.5) is 0 Å². The number of aryl methyl sites for hydroxylation is 2. The molecule has 0 heterocycles. The van der Waals surface area contributed by atoms with Crippen molar-refractivity contribution >= 4 is 15.9 Å². The third kappa shape index (κ3) is 3.74. The summed E-state index contributed by atoms with van der Waals surface area (Å²) in [6.45, 7) is 3.90. The zero-order chi connectivity index (χ0) is 16.3. The van der Waals surface area contributed by atoms with Gasteiger partial charge in [0.05, 0.1) is 4.90 Å². The molecule has 0 saturated carbocycles. The third-order valence-corrected chi connectivity index (χ3v) is 4.54. The maximum Gasteiger partial charge on any atom is 0.284 e. The standard InChI is InChI=1S/C17H20N2O2S/c1-13-5-9-15(10-6-13)17(19(3)4)18-22(20,21)16-11-7-14(2)8-12-16/h5-12H,1-4H3/b18-17+. The molecule has 0 aromatic heterocycles. The van der Waals surface area contributed by atoms with Crippen molar-refractivity contribution in [2.24, 2.45) is 4.40 Å². The van der Waals surface area contributed by atoms with E-state index < -0.39 is 10.0 Å². The number of amidine groups is 1. The molecule has 0 fully saturated rings. The number of hydrogen-bond acceptors (Lipinski definition) is 2. The van der Waals surface area contributed by atoms with Crippen LogP contribution in [0, 0.1) is 13.8 Å².